The fourth-order valence-corrected chi connectivity index (χ4v) is 3.48. The van der Waals surface area contributed by atoms with Gasteiger partial charge in [-0.15, -0.1) is 0 Å². The zero-order valence-corrected chi connectivity index (χ0v) is 12.9. The SMILES string of the molecule is CNC(c1ccccc1OC)C(OC)C1CCCCC1. The molecule has 0 saturated heterocycles. The Morgan fingerprint density at radius 2 is 1.80 bits per heavy atom. The Balaban J connectivity index is 2.23. The van der Waals surface area contributed by atoms with Gasteiger partial charge >= 0.3 is 0 Å². The number of ether oxygens (including phenoxy) is 2. The van der Waals surface area contributed by atoms with Gasteiger partial charge in [-0.1, -0.05) is 37.5 Å². The summed E-state index contributed by atoms with van der Waals surface area (Å²) < 4.78 is 11.4. The van der Waals surface area contributed by atoms with Crippen LogP contribution < -0.4 is 10.1 Å². The molecule has 1 aliphatic rings. The molecule has 0 amide bonds. The van der Waals surface area contributed by atoms with E-state index < -0.39 is 0 Å². The molecule has 2 atom stereocenters. The van der Waals surface area contributed by atoms with Crippen LogP contribution in [0.2, 0.25) is 0 Å². The highest BCUT2D eigenvalue weighted by Gasteiger charge is 2.32. The van der Waals surface area contributed by atoms with Crippen LogP contribution in [0.3, 0.4) is 0 Å². The predicted octanol–water partition coefficient (Wildman–Crippen LogP) is 3.55. The van der Waals surface area contributed by atoms with Crippen molar-refractivity contribution in [3.8, 4) is 5.75 Å². The summed E-state index contributed by atoms with van der Waals surface area (Å²) in [5.74, 6) is 1.57. The molecule has 1 N–H and O–H groups in total. The Morgan fingerprint density at radius 3 is 2.40 bits per heavy atom. The zero-order chi connectivity index (χ0) is 14.4. The quantitative estimate of drug-likeness (QED) is 0.862. The van der Waals surface area contributed by atoms with Gasteiger partial charge in [-0.25, -0.2) is 0 Å². The summed E-state index contributed by atoms with van der Waals surface area (Å²) in [5, 5.41) is 3.44. The fourth-order valence-electron chi connectivity index (χ4n) is 3.48. The number of para-hydroxylation sites is 1. The maximum Gasteiger partial charge on any atom is 0.123 e. The van der Waals surface area contributed by atoms with Gasteiger partial charge in [0.05, 0.1) is 19.3 Å². The predicted molar refractivity (Wildman–Crippen MR) is 82.2 cm³/mol. The first-order valence-electron chi connectivity index (χ1n) is 7.64. The van der Waals surface area contributed by atoms with Crippen molar-refractivity contribution in [2.45, 2.75) is 44.2 Å². The van der Waals surface area contributed by atoms with E-state index >= 15 is 0 Å². The number of nitrogens with one attached hydrogen (secondary N) is 1. The van der Waals surface area contributed by atoms with Gasteiger partial charge < -0.3 is 14.8 Å². The van der Waals surface area contributed by atoms with Crippen LogP contribution in [0.4, 0.5) is 0 Å². The molecule has 0 aromatic heterocycles. The molecule has 1 aromatic rings. The maximum absolute atomic E-state index is 5.88. The van der Waals surface area contributed by atoms with Crippen molar-refractivity contribution in [2.24, 2.45) is 5.92 Å². The van der Waals surface area contributed by atoms with Crippen LogP contribution in [0, 0.1) is 5.92 Å². The molecule has 1 saturated carbocycles. The van der Waals surface area contributed by atoms with Gasteiger partial charge in [0.2, 0.25) is 0 Å². The number of hydrogen-bond donors (Lipinski definition) is 1. The van der Waals surface area contributed by atoms with Crippen molar-refractivity contribution >= 4 is 0 Å². The molecule has 1 aromatic carbocycles. The Morgan fingerprint density at radius 1 is 1.10 bits per heavy atom. The molecule has 2 rings (SSSR count). The number of likely N-dealkylation sites (N-methyl/N-ethyl adjacent to an activating group) is 1. The molecule has 3 nitrogen and oxygen atoms in total. The van der Waals surface area contributed by atoms with E-state index in [0.717, 1.165) is 5.75 Å². The molecular weight excluding hydrogens is 250 g/mol. The van der Waals surface area contributed by atoms with E-state index in [-0.39, 0.29) is 12.1 Å². The average molecular weight is 277 g/mol. The van der Waals surface area contributed by atoms with Gasteiger partial charge in [-0.2, -0.15) is 0 Å². The largest absolute Gasteiger partial charge is 0.496 e. The average Bonchev–Trinajstić information content (AvgIpc) is 2.53. The van der Waals surface area contributed by atoms with Crippen molar-refractivity contribution in [1.29, 1.82) is 0 Å². The first-order valence-corrected chi connectivity index (χ1v) is 7.64. The number of methoxy groups -OCH3 is 2. The van der Waals surface area contributed by atoms with Crippen LogP contribution in [0.25, 0.3) is 0 Å². The molecule has 0 radical (unpaired) electrons. The minimum atomic E-state index is 0.180. The first kappa shape index (κ1) is 15.3. The molecule has 1 aliphatic carbocycles. The minimum Gasteiger partial charge on any atom is -0.496 e. The van der Waals surface area contributed by atoms with Crippen LogP contribution in [0.15, 0.2) is 24.3 Å². The van der Waals surface area contributed by atoms with Crippen LogP contribution in [-0.2, 0) is 4.74 Å². The third-order valence-corrected chi connectivity index (χ3v) is 4.50. The Kier molecular flexibility index (Phi) is 5.86. The van der Waals surface area contributed by atoms with Crippen molar-refractivity contribution in [3.05, 3.63) is 29.8 Å². The highest BCUT2D eigenvalue weighted by atomic mass is 16.5. The van der Waals surface area contributed by atoms with Gasteiger partial charge in [0, 0.05) is 12.7 Å². The molecule has 0 bridgehead atoms. The van der Waals surface area contributed by atoms with E-state index in [2.05, 4.69) is 17.4 Å². The van der Waals surface area contributed by atoms with Crippen LogP contribution >= 0.6 is 0 Å². The van der Waals surface area contributed by atoms with Crippen LogP contribution in [0.5, 0.6) is 5.75 Å². The summed E-state index contributed by atoms with van der Waals surface area (Å²) in [4.78, 5) is 0. The van der Waals surface area contributed by atoms with Gasteiger partial charge in [0.1, 0.15) is 5.75 Å². The molecule has 3 heteroatoms. The maximum atomic E-state index is 5.88. The lowest BCUT2D eigenvalue weighted by molar-refractivity contribution is 0.00888. The van der Waals surface area contributed by atoms with Crippen molar-refractivity contribution in [1.82, 2.24) is 5.32 Å². The van der Waals surface area contributed by atoms with Crippen molar-refractivity contribution < 1.29 is 9.47 Å². The molecule has 112 valence electrons. The van der Waals surface area contributed by atoms with Gasteiger partial charge in [0.15, 0.2) is 0 Å². The van der Waals surface area contributed by atoms with E-state index in [4.69, 9.17) is 9.47 Å². The second kappa shape index (κ2) is 7.65. The Hall–Kier alpha value is -1.06. The van der Waals surface area contributed by atoms with Gasteiger partial charge in [-0.05, 0) is 31.9 Å². The fraction of sp³-hybridized carbons (Fsp3) is 0.647. The summed E-state index contributed by atoms with van der Waals surface area (Å²) in [6, 6.07) is 8.41. The number of benzene rings is 1. The highest BCUT2D eigenvalue weighted by molar-refractivity contribution is 5.36. The summed E-state index contributed by atoms with van der Waals surface area (Å²) in [6.45, 7) is 0. The summed E-state index contributed by atoms with van der Waals surface area (Å²) >= 11 is 0. The lowest BCUT2D eigenvalue weighted by Crippen LogP contribution is -2.37. The lowest BCUT2D eigenvalue weighted by atomic mass is 9.81. The molecule has 2 unspecified atom stereocenters. The standard InChI is InChI=1S/C17H27NO2/c1-18-16(14-11-7-8-12-15(14)19-2)17(20-3)13-9-5-4-6-10-13/h7-8,11-13,16-18H,4-6,9-10H2,1-3H3. The van der Waals surface area contributed by atoms with Gasteiger partial charge in [-0.3, -0.25) is 0 Å². The molecule has 0 heterocycles. The number of rotatable bonds is 6. The second-order valence-corrected chi connectivity index (χ2v) is 5.61. The zero-order valence-electron chi connectivity index (χ0n) is 12.9. The molecule has 20 heavy (non-hydrogen) atoms. The van der Waals surface area contributed by atoms with Crippen molar-refractivity contribution in [2.75, 3.05) is 21.3 Å². The summed E-state index contributed by atoms with van der Waals surface area (Å²) in [6.07, 6.45) is 6.76. The van der Waals surface area contributed by atoms with E-state index in [9.17, 15) is 0 Å². The molecule has 0 aliphatic heterocycles. The highest BCUT2D eigenvalue weighted by Crippen LogP contribution is 2.36. The van der Waals surface area contributed by atoms with Crippen LogP contribution in [0.1, 0.15) is 43.7 Å². The number of hydrogen-bond acceptors (Lipinski definition) is 3. The minimum absolute atomic E-state index is 0.180. The second-order valence-electron chi connectivity index (χ2n) is 5.61. The van der Waals surface area contributed by atoms with Crippen molar-refractivity contribution in [3.63, 3.8) is 0 Å². The molecule has 1 fully saturated rings. The third kappa shape index (κ3) is 3.33. The first-order chi connectivity index (χ1) is 9.81. The monoisotopic (exact) mass is 277 g/mol. The normalized spacial score (nSPS) is 19.6. The lowest BCUT2D eigenvalue weighted by Gasteiger charge is -2.35. The Labute approximate surface area is 122 Å². The Bertz CT molecular complexity index is 402. The molecular formula is C17H27NO2. The smallest absolute Gasteiger partial charge is 0.123 e. The third-order valence-electron chi connectivity index (χ3n) is 4.50. The van der Waals surface area contributed by atoms with E-state index in [1.54, 1.807) is 7.11 Å². The van der Waals surface area contributed by atoms with Crippen LogP contribution in [-0.4, -0.2) is 27.4 Å². The summed E-state index contributed by atoms with van der Waals surface area (Å²) in [5.41, 5.74) is 1.19. The topological polar surface area (TPSA) is 30.5 Å². The molecule has 0 spiro atoms. The summed E-state index contributed by atoms with van der Waals surface area (Å²) in [7, 11) is 5.57. The van der Waals surface area contributed by atoms with Gasteiger partial charge in [0.25, 0.3) is 0 Å². The van der Waals surface area contributed by atoms with E-state index in [0.29, 0.717) is 5.92 Å². The van der Waals surface area contributed by atoms with E-state index in [1.807, 2.05) is 26.3 Å². The van der Waals surface area contributed by atoms with E-state index in [1.165, 1.54) is 37.7 Å².